The van der Waals surface area contributed by atoms with E-state index in [0.29, 0.717) is 23.7 Å². The van der Waals surface area contributed by atoms with E-state index >= 15 is 0 Å². The maximum atomic E-state index is 13.4. The fourth-order valence-corrected chi connectivity index (χ4v) is 3.80. The van der Waals surface area contributed by atoms with Gasteiger partial charge in [-0.2, -0.15) is 18.3 Å². The molecule has 1 atom stereocenters. The van der Waals surface area contributed by atoms with Crippen LogP contribution in [0.1, 0.15) is 41.5 Å². The lowest BCUT2D eigenvalue weighted by Crippen LogP contribution is -2.25. The Balaban J connectivity index is 1.71. The number of hydrogen-bond acceptors (Lipinski definition) is 4. The molecular weight excluding hydrogens is 411 g/mol. The number of benzene rings is 2. The molecule has 1 unspecified atom stereocenters. The summed E-state index contributed by atoms with van der Waals surface area (Å²) in [6.07, 6.45) is -2.78. The van der Waals surface area contributed by atoms with Gasteiger partial charge in [0.2, 0.25) is 5.91 Å². The van der Waals surface area contributed by atoms with Crippen molar-refractivity contribution in [1.82, 2.24) is 9.78 Å². The van der Waals surface area contributed by atoms with Gasteiger partial charge in [0.05, 0.1) is 24.9 Å². The zero-order valence-corrected chi connectivity index (χ0v) is 16.6. The largest absolute Gasteiger partial charge is 0.504 e. The summed E-state index contributed by atoms with van der Waals surface area (Å²) in [7, 11) is 0. The molecule has 0 aliphatic carbocycles. The third-order valence-electron chi connectivity index (χ3n) is 5.22. The molecule has 1 amide bonds. The summed E-state index contributed by atoms with van der Waals surface area (Å²) in [6.45, 7) is 2.02. The van der Waals surface area contributed by atoms with Crippen molar-refractivity contribution in [2.75, 3.05) is 11.9 Å². The third-order valence-corrected chi connectivity index (χ3v) is 5.22. The summed E-state index contributed by atoms with van der Waals surface area (Å²) in [5, 5.41) is 17.0. The first-order valence-electron chi connectivity index (χ1n) is 9.74. The number of phenols is 1. The summed E-state index contributed by atoms with van der Waals surface area (Å²) in [5.74, 6) is 0.0263. The Kier molecular flexibility index (Phi) is 5.34. The van der Waals surface area contributed by atoms with Gasteiger partial charge in [-0.15, -0.1) is 0 Å². The van der Waals surface area contributed by atoms with Crippen LogP contribution in [0.15, 0.2) is 48.7 Å². The predicted octanol–water partition coefficient (Wildman–Crippen LogP) is 4.53. The fraction of sp³-hybridized carbons (Fsp3) is 0.273. The Morgan fingerprint density at radius 3 is 2.77 bits per heavy atom. The minimum atomic E-state index is -4.49. The van der Waals surface area contributed by atoms with Crippen molar-refractivity contribution in [3.05, 3.63) is 70.9 Å². The molecule has 0 saturated carbocycles. The molecule has 0 radical (unpaired) electrons. The SMILES string of the molecule is CCOc1cc(C2CC(=O)Nc3c2cnn3Cc2ccccc2C(F)(F)F)ccc1O. The van der Waals surface area contributed by atoms with Crippen LogP contribution in [0.3, 0.4) is 0 Å². The smallest absolute Gasteiger partial charge is 0.416 e. The number of amides is 1. The Morgan fingerprint density at radius 1 is 1.26 bits per heavy atom. The van der Waals surface area contributed by atoms with E-state index in [9.17, 15) is 23.1 Å². The highest BCUT2D eigenvalue weighted by Gasteiger charge is 2.34. The second-order valence-electron chi connectivity index (χ2n) is 7.23. The lowest BCUT2D eigenvalue weighted by Gasteiger charge is -2.24. The van der Waals surface area contributed by atoms with Gasteiger partial charge in [-0.3, -0.25) is 4.79 Å². The van der Waals surface area contributed by atoms with Crippen LogP contribution < -0.4 is 10.1 Å². The molecule has 0 spiro atoms. The number of aromatic hydroxyl groups is 1. The average Bonchev–Trinajstić information content (AvgIpc) is 3.11. The molecule has 0 bridgehead atoms. The minimum Gasteiger partial charge on any atom is -0.504 e. The van der Waals surface area contributed by atoms with Crippen molar-refractivity contribution < 1.29 is 27.8 Å². The van der Waals surface area contributed by atoms with Crippen molar-refractivity contribution >= 4 is 11.7 Å². The van der Waals surface area contributed by atoms with Crippen molar-refractivity contribution in [1.29, 1.82) is 0 Å². The number of ether oxygens (including phenoxy) is 1. The molecule has 1 aromatic heterocycles. The number of aromatic nitrogens is 2. The molecule has 4 rings (SSSR count). The highest BCUT2D eigenvalue weighted by Crippen LogP contribution is 2.40. The van der Waals surface area contributed by atoms with Crippen molar-refractivity contribution in [2.24, 2.45) is 0 Å². The lowest BCUT2D eigenvalue weighted by atomic mass is 9.87. The number of hydrogen-bond donors (Lipinski definition) is 2. The Bertz CT molecular complexity index is 1120. The molecule has 3 aromatic rings. The highest BCUT2D eigenvalue weighted by atomic mass is 19.4. The van der Waals surface area contributed by atoms with Gasteiger partial charge in [-0.25, -0.2) is 4.68 Å². The minimum absolute atomic E-state index is 0.00876. The third kappa shape index (κ3) is 4.08. The van der Waals surface area contributed by atoms with Crippen molar-refractivity contribution in [2.45, 2.75) is 32.0 Å². The number of anilines is 1. The van der Waals surface area contributed by atoms with Gasteiger partial charge in [-0.1, -0.05) is 24.3 Å². The number of phenolic OH excluding ortho intramolecular Hbond substituents is 1. The quantitative estimate of drug-likeness (QED) is 0.623. The molecule has 31 heavy (non-hydrogen) atoms. The highest BCUT2D eigenvalue weighted by molar-refractivity contribution is 5.94. The monoisotopic (exact) mass is 431 g/mol. The van der Waals surface area contributed by atoms with Crippen LogP contribution >= 0.6 is 0 Å². The number of carbonyl (C=O) groups excluding carboxylic acids is 1. The molecule has 1 aliphatic heterocycles. The van der Waals surface area contributed by atoms with Crippen LogP contribution in [0, 0.1) is 0 Å². The summed E-state index contributed by atoms with van der Waals surface area (Å²) in [4.78, 5) is 12.4. The standard InChI is InChI=1S/C22H20F3N3O3/c1-2-31-19-9-13(7-8-18(19)29)15-10-20(30)27-21-16(15)11-26-28(21)12-14-5-3-4-6-17(14)22(23,24)25/h3-9,11,15,29H,2,10,12H2,1H3,(H,27,30). The van der Waals surface area contributed by atoms with Crippen LogP contribution in [-0.2, 0) is 17.5 Å². The summed E-state index contributed by atoms with van der Waals surface area (Å²) in [5.41, 5.74) is 0.753. The van der Waals surface area contributed by atoms with Gasteiger partial charge >= 0.3 is 6.18 Å². The topological polar surface area (TPSA) is 76.4 Å². The molecule has 6 nitrogen and oxygen atoms in total. The molecule has 162 valence electrons. The van der Waals surface area contributed by atoms with E-state index in [2.05, 4.69) is 10.4 Å². The van der Waals surface area contributed by atoms with Crippen LogP contribution in [0.5, 0.6) is 11.5 Å². The van der Waals surface area contributed by atoms with E-state index in [1.807, 2.05) is 0 Å². The van der Waals surface area contributed by atoms with E-state index in [1.165, 1.54) is 28.9 Å². The lowest BCUT2D eigenvalue weighted by molar-refractivity contribution is -0.138. The molecule has 0 fully saturated rings. The first-order chi connectivity index (χ1) is 14.8. The van der Waals surface area contributed by atoms with Crippen LogP contribution in [-0.4, -0.2) is 27.4 Å². The number of halogens is 3. The Hall–Kier alpha value is -3.49. The zero-order chi connectivity index (χ0) is 22.2. The summed E-state index contributed by atoms with van der Waals surface area (Å²) >= 11 is 0. The van der Waals surface area contributed by atoms with Gasteiger partial charge in [0.15, 0.2) is 11.5 Å². The zero-order valence-electron chi connectivity index (χ0n) is 16.6. The maximum absolute atomic E-state index is 13.4. The Morgan fingerprint density at radius 2 is 2.03 bits per heavy atom. The van der Waals surface area contributed by atoms with Crippen molar-refractivity contribution in [3.8, 4) is 11.5 Å². The molecule has 2 N–H and O–H groups in total. The number of rotatable bonds is 5. The van der Waals surface area contributed by atoms with Gasteiger partial charge in [0.1, 0.15) is 5.82 Å². The second-order valence-corrected chi connectivity index (χ2v) is 7.23. The first-order valence-corrected chi connectivity index (χ1v) is 9.74. The number of carbonyl (C=O) groups is 1. The van der Waals surface area contributed by atoms with Gasteiger partial charge in [0, 0.05) is 17.9 Å². The van der Waals surface area contributed by atoms with Crippen LogP contribution in [0.4, 0.5) is 19.0 Å². The van der Waals surface area contributed by atoms with Crippen LogP contribution in [0.25, 0.3) is 0 Å². The van der Waals surface area contributed by atoms with E-state index in [-0.39, 0.29) is 36.1 Å². The van der Waals surface area contributed by atoms with E-state index in [1.54, 1.807) is 25.3 Å². The fourth-order valence-electron chi connectivity index (χ4n) is 3.80. The maximum Gasteiger partial charge on any atom is 0.416 e. The van der Waals surface area contributed by atoms with Crippen molar-refractivity contribution in [3.63, 3.8) is 0 Å². The van der Waals surface area contributed by atoms with Gasteiger partial charge in [0.25, 0.3) is 0 Å². The summed E-state index contributed by atoms with van der Waals surface area (Å²) < 4.78 is 46.9. The van der Waals surface area contributed by atoms with Crippen LogP contribution in [0.2, 0.25) is 0 Å². The molecule has 1 aliphatic rings. The van der Waals surface area contributed by atoms with E-state index in [0.717, 1.165) is 11.6 Å². The number of nitrogens with zero attached hydrogens (tertiary/aromatic N) is 2. The van der Waals surface area contributed by atoms with Gasteiger partial charge < -0.3 is 15.2 Å². The first kappa shape index (κ1) is 20.8. The Labute approximate surface area is 176 Å². The molecule has 0 saturated heterocycles. The second kappa shape index (κ2) is 7.98. The number of nitrogens with one attached hydrogen (secondary N) is 1. The average molecular weight is 431 g/mol. The van der Waals surface area contributed by atoms with E-state index < -0.39 is 11.7 Å². The molecule has 9 heteroatoms. The molecule has 2 aromatic carbocycles. The molecule has 2 heterocycles. The normalized spacial score (nSPS) is 16.0. The van der Waals surface area contributed by atoms with E-state index in [4.69, 9.17) is 4.74 Å². The predicted molar refractivity (Wildman–Crippen MR) is 107 cm³/mol. The molecular formula is C22H20F3N3O3. The summed E-state index contributed by atoms with van der Waals surface area (Å²) in [6, 6.07) is 10.2. The number of alkyl halides is 3. The number of fused-ring (bicyclic) bond motifs is 1. The van der Waals surface area contributed by atoms with Gasteiger partial charge in [-0.05, 0) is 36.2 Å².